The van der Waals surface area contributed by atoms with E-state index < -0.39 is 0 Å². The third kappa shape index (κ3) is 3.91. The summed E-state index contributed by atoms with van der Waals surface area (Å²) in [6.07, 6.45) is 8.11. The SMILES string of the molecule is Cc1cccnc1C(=O)N1C[C@H](C)N(c2ncnc3c2c(N2CCC2)cn3-c2cc(C#N)ccn2)C[C@H]1C. The zero-order valence-electron chi connectivity index (χ0n) is 21.7. The van der Waals surface area contributed by atoms with E-state index in [1.54, 1.807) is 30.9 Å². The average molecular weight is 508 g/mol. The number of anilines is 2. The van der Waals surface area contributed by atoms with Gasteiger partial charge in [-0.3, -0.25) is 14.3 Å². The molecule has 38 heavy (non-hydrogen) atoms. The first-order valence-electron chi connectivity index (χ1n) is 12.9. The highest BCUT2D eigenvalue weighted by Crippen LogP contribution is 2.39. The number of fused-ring (bicyclic) bond motifs is 1. The number of carbonyl (C=O) groups excluding carboxylic acids is 1. The van der Waals surface area contributed by atoms with E-state index in [-0.39, 0.29) is 18.0 Å². The predicted octanol–water partition coefficient (Wildman–Crippen LogP) is 3.34. The number of hydrogen-bond donors (Lipinski definition) is 0. The first-order valence-corrected chi connectivity index (χ1v) is 12.9. The van der Waals surface area contributed by atoms with Gasteiger partial charge in [0.15, 0.2) is 5.65 Å². The Hall–Kier alpha value is -4.52. The first-order chi connectivity index (χ1) is 18.5. The molecule has 0 N–H and O–H groups in total. The van der Waals surface area contributed by atoms with Gasteiger partial charge in [-0.2, -0.15) is 5.26 Å². The number of piperazine rings is 1. The van der Waals surface area contributed by atoms with Gasteiger partial charge in [-0.15, -0.1) is 0 Å². The topological polar surface area (TPSA) is 107 Å². The van der Waals surface area contributed by atoms with Crippen LogP contribution in [0.2, 0.25) is 0 Å². The molecule has 0 saturated carbocycles. The Morgan fingerprint density at radius 2 is 1.89 bits per heavy atom. The van der Waals surface area contributed by atoms with Crippen LogP contribution in [-0.4, -0.2) is 73.6 Å². The van der Waals surface area contributed by atoms with Crippen LogP contribution in [0.1, 0.15) is 41.9 Å². The van der Waals surface area contributed by atoms with Crippen molar-refractivity contribution >= 4 is 28.4 Å². The minimum Gasteiger partial charge on any atom is -0.369 e. The van der Waals surface area contributed by atoms with Gasteiger partial charge in [0, 0.05) is 56.9 Å². The van der Waals surface area contributed by atoms with Gasteiger partial charge < -0.3 is 14.7 Å². The molecule has 0 radical (unpaired) electrons. The van der Waals surface area contributed by atoms with Crippen LogP contribution < -0.4 is 9.80 Å². The number of hydrogen-bond acceptors (Lipinski definition) is 8. The molecular formula is C28H29N9O. The van der Waals surface area contributed by atoms with Gasteiger partial charge in [0.2, 0.25) is 0 Å². The van der Waals surface area contributed by atoms with Crippen molar-refractivity contribution in [3.05, 3.63) is 66.0 Å². The molecule has 10 heteroatoms. The van der Waals surface area contributed by atoms with Crippen molar-refractivity contribution in [1.29, 1.82) is 5.26 Å². The van der Waals surface area contributed by atoms with Crippen LogP contribution in [0.5, 0.6) is 0 Å². The molecule has 6 heterocycles. The van der Waals surface area contributed by atoms with Crippen molar-refractivity contribution in [1.82, 2.24) is 29.4 Å². The Morgan fingerprint density at radius 1 is 1.05 bits per heavy atom. The molecule has 0 aromatic carbocycles. The molecule has 0 aliphatic carbocycles. The van der Waals surface area contributed by atoms with Crippen LogP contribution in [-0.2, 0) is 0 Å². The lowest BCUT2D eigenvalue weighted by Gasteiger charge is -2.45. The first kappa shape index (κ1) is 23.9. The summed E-state index contributed by atoms with van der Waals surface area (Å²) in [5.74, 6) is 1.46. The Balaban J connectivity index is 1.40. The van der Waals surface area contributed by atoms with Gasteiger partial charge in [0.1, 0.15) is 23.7 Å². The van der Waals surface area contributed by atoms with Crippen LogP contribution >= 0.6 is 0 Å². The molecule has 0 bridgehead atoms. The predicted molar refractivity (Wildman–Crippen MR) is 144 cm³/mol. The molecule has 10 nitrogen and oxygen atoms in total. The zero-order valence-corrected chi connectivity index (χ0v) is 21.7. The van der Waals surface area contributed by atoms with E-state index in [0.29, 0.717) is 30.2 Å². The molecule has 1 amide bonds. The summed E-state index contributed by atoms with van der Waals surface area (Å²) in [5, 5.41) is 10.4. The molecule has 4 aromatic rings. The van der Waals surface area contributed by atoms with E-state index in [0.717, 1.165) is 47.6 Å². The highest BCUT2D eigenvalue weighted by molar-refractivity contribution is 6.01. The molecule has 2 atom stereocenters. The molecule has 2 saturated heterocycles. The molecule has 192 valence electrons. The molecule has 2 aliphatic rings. The second-order valence-electron chi connectivity index (χ2n) is 10.1. The Bertz CT molecular complexity index is 1570. The number of carbonyl (C=O) groups is 1. The lowest BCUT2D eigenvalue weighted by Crippen LogP contribution is -2.58. The Morgan fingerprint density at radius 3 is 2.63 bits per heavy atom. The van der Waals surface area contributed by atoms with Gasteiger partial charge in [-0.05, 0) is 51.0 Å². The lowest BCUT2D eigenvalue weighted by atomic mass is 10.1. The smallest absolute Gasteiger partial charge is 0.273 e. The third-order valence-corrected chi connectivity index (χ3v) is 7.59. The molecule has 6 rings (SSSR count). The summed E-state index contributed by atoms with van der Waals surface area (Å²) >= 11 is 0. The largest absolute Gasteiger partial charge is 0.369 e. The van der Waals surface area contributed by atoms with Gasteiger partial charge in [-0.1, -0.05) is 6.07 Å². The second kappa shape index (κ2) is 9.41. The quantitative estimate of drug-likeness (QED) is 0.414. The fourth-order valence-electron chi connectivity index (χ4n) is 5.39. The molecular weight excluding hydrogens is 478 g/mol. The van der Waals surface area contributed by atoms with Crippen molar-refractivity contribution in [3.8, 4) is 11.9 Å². The van der Waals surface area contributed by atoms with Crippen LogP contribution in [0.4, 0.5) is 11.5 Å². The van der Waals surface area contributed by atoms with Gasteiger partial charge in [0.05, 0.1) is 22.7 Å². The van der Waals surface area contributed by atoms with E-state index in [1.165, 1.54) is 0 Å². The summed E-state index contributed by atoms with van der Waals surface area (Å²) in [4.78, 5) is 38.3. The fourth-order valence-corrected chi connectivity index (χ4v) is 5.39. The number of amides is 1. The van der Waals surface area contributed by atoms with Gasteiger partial charge >= 0.3 is 0 Å². The van der Waals surface area contributed by atoms with Crippen molar-refractivity contribution in [3.63, 3.8) is 0 Å². The molecule has 2 aliphatic heterocycles. The summed E-state index contributed by atoms with van der Waals surface area (Å²) in [7, 11) is 0. The Kier molecular flexibility index (Phi) is 5.91. The van der Waals surface area contributed by atoms with Crippen LogP contribution in [0.3, 0.4) is 0 Å². The molecule has 0 unspecified atom stereocenters. The number of nitrogens with zero attached hydrogens (tertiary/aromatic N) is 9. The second-order valence-corrected chi connectivity index (χ2v) is 10.1. The van der Waals surface area contributed by atoms with Gasteiger partial charge in [0.25, 0.3) is 5.91 Å². The summed E-state index contributed by atoms with van der Waals surface area (Å²) in [5.41, 5.74) is 3.75. The van der Waals surface area contributed by atoms with E-state index in [4.69, 9.17) is 4.98 Å². The summed E-state index contributed by atoms with van der Waals surface area (Å²) in [6, 6.07) is 9.44. The third-order valence-electron chi connectivity index (χ3n) is 7.59. The van der Waals surface area contributed by atoms with Crippen LogP contribution in [0, 0.1) is 18.3 Å². The van der Waals surface area contributed by atoms with Gasteiger partial charge in [-0.25, -0.2) is 15.0 Å². The highest BCUT2D eigenvalue weighted by Gasteiger charge is 2.36. The zero-order chi connectivity index (χ0) is 26.4. The normalized spacial score (nSPS) is 19.4. The number of aromatic nitrogens is 5. The maximum absolute atomic E-state index is 13.4. The number of pyridine rings is 2. The minimum atomic E-state index is -0.0363. The Labute approximate surface area is 221 Å². The standard InChI is InChI=1S/C28H29N9O/c1-18-6-4-8-31-25(18)28(38)36-15-19(2)35(14-20(36)3)26-24-22(34-10-5-11-34)16-37(27(24)33-17-32-26)23-12-21(13-29)7-9-30-23/h4,6-9,12,16-17,19-20H,5,10-11,14-15H2,1-3H3/t19-,20+/m0/s1. The van der Waals surface area contributed by atoms with Crippen molar-refractivity contribution < 1.29 is 4.79 Å². The summed E-state index contributed by atoms with van der Waals surface area (Å²) in [6.45, 7) is 9.26. The monoisotopic (exact) mass is 507 g/mol. The number of nitriles is 1. The molecule has 4 aromatic heterocycles. The lowest BCUT2D eigenvalue weighted by molar-refractivity contribution is 0.0637. The average Bonchev–Trinajstić information content (AvgIpc) is 3.28. The summed E-state index contributed by atoms with van der Waals surface area (Å²) < 4.78 is 1.95. The van der Waals surface area contributed by atoms with E-state index >= 15 is 0 Å². The number of rotatable bonds is 4. The van der Waals surface area contributed by atoms with Crippen molar-refractivity contribution in [2.75, 3.05) is 36.0 Å². The van der Waals surface area contributed by atoms with E-state index in [9.17, 15) is 10.1 Å². The minimum absolute atomic E-state index is 0.0323. The van der Waals surface area contributed by atoms with Crippen molar-refractivity contribution in [2.45, 2.75) is 39.3 Å². The fraction of sp³-hybridized carbons (Fsp3) is 0.357. The van der Waals surface area contributed by atoms with Crippen LogP contribution in [0.15, 0.2) is 49.2 Å². The number of aryl methyl sites for hydroxylation is 1. The molecule has 0 spiro atoms. The maximum Gasteiger partial charge on any atom is 0.273 e. The molecule has 2 fully saturated rings. The maximum atomic E-state index is 13.4. The van der Waals surface area contributed by atoms with Crippen LogP contribution in [0.25, 0.3) is 16.9 Å². The van der Waals surface area contributed by atoms with E-state index in [1.807, 2.05) is 28.5 Å². The van der Waals surface area contributed by atoms with Crippen molar-refractivity contribution in [2.24, 2.45) is 0 Å². The highest BCUT2D eigenvalue weighted by atomic mass is 16.2. The van der Waals surface area contributed by atoms with E-state index in [2.05, 4.69) is 50.9 Å².